The van der Waals surface area contributed by atoms with Gasteiger partial charge >= 0.3 is 0 Å². The van der Waals surface area contributed by atoms with Gasteiger partial charge in [-0.1, -0.05) is 0 Å². The smallest absolute Gasteiger partial charge is 0.269 e. The number of nitrogens with one attached hydrogen (secondary N) is 2. The van der Waals surface area contributed by atoms with Gasteiger partial charge in [0.1, 0.15) is 5.69 Å². The van der Waals surface area contributed by atoms with E-state index in [9.17, 15) is 4.79 Å². The van der Waals surface area contributed by atoms with Gasteiger partial charge in [0, 0.05) is 13.1 Å². The number of carbonyl (C=O) groups excluding carboxylic acids is 1. The molecule has 2 rings (SSSR count). The maximum Gasteiger partial charge on any atom is 0.269 e. The van der Waals surface area contributed by atoms with Crippen molar-refractivity contribution in [2.75, 3.05) is 19.6 Å². The van der Waals surface area contributed by atoms with E-state index < -0.39 is 0 Å². The van der Waals surface area contributed by atoms with Gasteiger partial charge in [0.05, 0.1) is 5.69 Å². The summed E-state index contributed by atoms with van der Waals surface area (Å²) in [5.74, 6) is 0.700. The first-order valence-corrected chi connectivity index (χ1v) is 6.74. The average Bonchev–Trinajstić information content (AvgIpc) is 2.98. The van der Waals surface area contributed by atoms with Crippen LogP contribution in [0.1, 0.15) is 35.9 Å². The summed E-state index contributed by atoms with van der Waals surface area (Å²) in [5, 5.41) is 10.6. The van der Waals surface area contributed by atoms with Crippen LogP contribution in [0, 0.1) is 12.8 Å². The van der Waals surface area contributed by atoms with Gasteiger partial charge in [-0.2, -0.15) is 5.10 Å². The fourth-order valence-electron chi connectivity index (χ4n) is 2.41. The topological polar surface area (TPSA) is 59.0 Å². The van der Waals surface area contributed by atoms with E-state index in [-0.39, 0.29) is 5.91 Å². The molecule has 1 atom stereocenters. The molecule has 1 aliphatic rings. The minimum Gasteiger partial charge on any atom is -0.351 e. The van der Waals surface area contributed by atoms with Crippen molar-refractivity contribution in [3.05, 3.63) is 17.5 Å². The van der Waals surface area contributed by atoms with Crippen molar-refractivity contribution in [2.45, 2.75) is 33.2 Å². The lowest BCUT2D eigenvalue weighted by atomic mass is 10.1. The highest BCUT2D eigenvalue weighted by atomic mass is 16.2. The first-order chi connectivity index (χ1) is 8.70. The first kappa shape index (κ1) is 13.1. The van der Waals surface area contributed by atoms with Crippen LogP contribution in [-0.2, 0) is 6.54 Å². The third kappa shape index (κ3) is 3.10. The van der Waals surface area contributed by atoms with Crippen molar-refractivity contribution in [2.24, 2.45) is 5.92 Å². The quantitative estimate of drug-likeness (QED) is 0.817. The summed E-state index contributed by atoms with van der Waals surface area (Å²) in [6, 6.07) is 1.84. The van der Waals surface area contributed by atoms with E-state index in [1.54, 1.807) is 4.68 Å². The molecule has 0 aromatic carbocycles. The summed E-state index contributed by atoms with van der Waals surface area (Å²) in [6.07, 6.45) is 2.28. The molecule has 5 heteroatoms. The highest BCUT2D eigenvalue weighted by molar-refractivity contribution is 5.92. The molecule has 2 heterocycles. The normalized spacial score (nSPS) is 19.1. The predicted molar refractivity (Wildman–Crippen MR) is 70.6 cm³/mol. The number of nitrogens with zero attached hydrogens (tertiary/aromatic N) is 2. The van der Waals surface area contributed by atoms with Crippen molar-refractivity contribution < 1.29 is 4.79 Å². The summed E-state index contributed by atoms with van der Waals surface area (Å²) in [4.78, 5) is 12.0. The molecule has 0 aliphatic carbocycles. The maximum atomic E-state index is 12.0. The van der Waals surface area contributed by atoms with E-state index in [0.29, 0.717) is 11.6 Å². The molecule has 0 saturated carbocycles. The van der Waals surface area contributed by atoms with Gasteiger partial charge in [0.15, 0.2) is 0 Å². The van der Waals surface area contributed by atoms with Crippen LogP contribution in [0.5, 0.6) is 0 Å². The second-order valence-electron chi connectivity index (χ2n) is 4.89. The van der Waals surface area contributed by atoms with Crippen LogP contribution in [0.3, 0.4) is 0 Å². The molecule has 2 N–H and O–H groups in total. The van der Waals surface area contributed by atoms with Gasteiger partial charge in [0.2, 0.25) is 0 Å². The van der Waals surface area contributed by atoms with Gasteiger partial charge < -0.3 is 10.6 Å². The van der Waals surface area contributed by atoms with E-state index in [1.807, 2.05) is 19.9 Å². The number of hydrogen-bond donors (Lipinski definition) is 2. The number of aromatic nitrogens is 2. The minimum atomic E-state index is -0.0107. The molecule has 0 bridgehead atoms. The highest BCUT2D eigenvalue weighted by Gasteiger charge is 2.16. The Morgan fingerprint density at radius 2 is 2.50 bits per heavy atom. The molecule has 0 radical (unpaired) electrons. The molecular formula is C13H22N4O. The fourth-order valence-corrected chi connectivity index (χ4v) is 2.41. The summed E-state index contributed by atoms with van der Waals surface area (Å²) in [5.41, 5.74) is 1.56. The molecule has 1 unspecified atom stereocenters. The van der Waals surface area contributed by atoms with Crippen LogP contribution in [-0.4, -0.2) is 35.3 Å². The number of rotatable bonds is 5. The Balaban J connectivity index is 1.83. The molecule has 0 spiro atoms. The Labute approximate surface area is 108 Å². The van der Waals surface area contributed by atoms with E-state index in [4.69, 9.17) is 0 Å². The molecule has 18 heavy (non-hydrogen) atoms. The SMILES string of the molecule is CCn1nc(C)cc1C(=O)NCCC1CCNC1. The number of carbonyl (C=O) groups is 1. The second-order valence-corrected chi connectivity index (χ2v) is 4.89. The Hall–Kier alpha value is -1.36. The molecule has 1 aromatic heterocycles. The minimum absolute atomic E-state index is 0.0107. The van der Waals surface area contributed by atoms with Crippen LogP contribution in [0.15, 0.2) is 6.07 Å². The lowest BCUT2D eigenvalue weighted by molar-refractivity contribution is 0.0941. The number of aryl methyl sites for hydroxylation is 2. The molecular weight excluding hydrogens is 228 g/mol. The third-order valence-electron chi connectivity index (χ3n) is 3.43. The van der Waals surface area contributed by atoms with Crippen molar-refractivity contribution in [3.63, 3.8) is 0 Å². The van der Waals surface area contributed by atoms with Gasteiger partial charge in [-0.25, -0.2) is 0 Å². The van der Waals surface area contributed by atoms with Crippen molar-refractivity contribution in [1.29, 1.82) is 0 Å². The molecule has 100 valence electrons. The van der Waals surface area contributed by atoms with E-state index in [0.717, 1.165) is 38.3 Å². The van der Waals surface area contributed by atoms with Gasteiger partial charge in [-0.05, 0) is 51.8 Å². The highest BCUT2D eigenvalue weighted by Crippen LogP contribution is 2.11. The summed E-state index contributed by atoms with van der Waals surface area (Å²) in [7, 11) is 0. The summed E-state index contributed by atoms with van der Waals surface area (Å²) in [6.45, 7) is 7.57. The van der Waals surface area contributed by atoms with E-state index in [1.165, 1.54) is 6.42 Å². The number of hydrogen-bond acceptors (Lipinski definition) is 3. The van der Waals surface area contributed by atoms with Crippen LogP contribution in [0.2, 0.25) is 0 Å². The Kier molecular flexibility index (Phi) is 4.36. The van der Waals surface area contributed by atoms with Crippen LogP contribution >= 0.6 is 0 Å². The second kappa shape index (κ2) is 6.00. The molecule has 1 amide bonds. The maximum absolute atomic E-state index is 12.0. The van der Waals surface area contributed by atoms with Crippen LogP contribution < -0.4 is 10.6 Å². The molecule has 1 aliphatic heterocycles. The third-order valence-corrected chi connectivity index (χ3v) is 3.43. The van der Waals surface area contributed by atoms with Crippen molar-refractivity contribution in [1.82, 2.24) is 20.4 Å². The standard InChI is InChI=1S/C13H22N4O/c1-3-17-12(8-10(2)16-17)13(18)15-7-5-11-4-6-14-9-11/h8,11,14H,3-7,9H2,1-2H3,(H,15,18). The predicted octanol–water partition coefficient (Wildman–Crippen LogP) is 0.941. The van der Waals surface area contributed by atoms with E-state index in [2.05, 4.69) is 15.7 Å². The van der Waals surface area contributed by atoms with Gasteiger partial charge in [0.25, 0.3) is 5.91 Å². The average molecular weight is 250 g/mol. The van der Waals surface area contributed by atoms with Crippen molar-refractivity contribution in [3.8, 4) is 0 Å². The van der Waals surface area contributed by atoms with Crippen LogP contribution in [0.4, 0.5) is 0 Å². The van der Waals surface area contributed by atoms with Crippen LogP contribution in [0.25, 0.3) is 0 Å². The monoisotopic (exact) mass is 250 g/mol. The van der Waals surface area contributed by atoms with Gasteiger partial charge in [-0.15, -0.1) is 0 Å². The molecule has 1 aromatic rings. The zero-order valence-electron chi connectivity index (χ0n) is 11.2. The Bertz CT molecular complexity index is 407. The zero-order chi connectivity index (χ0) is 13.0. The molecule has 5 nitrogen and oxygen atoms in total. The van der Waals surface area contributed by atoms with Crippen molar-refractivity contribution >= 4 is 5.91 Å². The summed E-state index contributed by atoms with van der Waals surface area (Å²) >= 11 is 0. The lowest BCUT2D eigenvalue weighted by Crippen LogP contribution is -2.28. The Morgan fingerprint density at radius 3 is 3.17 bits per heavy atom. The molecule has 1 saturated heterocycles. The Morgan fingerprint density at radius 1 is 1.67 bits per heavy atom. The summed E-state index contributed by atoms with van der Waals surface area (Å²) < 4.78 is 1.75. The largest absolute Gasteiger partial charge is 0.351 e. The lowest BCUT2D eigenvalue weighted by Gasteiger charge is -2.09. The van der Waals surface area contributed by atoms with E-state index >= 15 is 0 Å². The number of amides is 1. The molecule has 1 fully saturated rings. The van der Waals surface area contributed by atoms with Gasteiger partial charge in [-0.3, -0.25) is 9.48 Å². The zero-order valence-corrected chi connectivity index (χ0v) is 11.2. The fraction of sp³-hybridized carbons (Fsp3) is 0.692. The first-order valence-electron chi connectivity index (χ1n) is 6.74.